The predicted molar refractivity (Wildman–Crippen MR) is 163 cm³/mol. The van der Waals surface area contributed by atoms with Gasteiger partial charge in [0.05, 0.1) is 53.4 Å². The molecule has 0 aromatic carbocycles. The van der Waals surface area contributed by atoms with E-state index in [-0.39, 0.29) is 0 Å². The van der Waals surface area contributed by atoms with E-state index in [1.807, 2.05) is 0 Å². The Bertz CT molecular complexity index is 513. The second-order valence-electron chi connectivity index (χ2n) is 10.8. The van der Waals surface area contributed by atoms with Crippen LogP contribution in [0.1, 0.15) is 119 Å². The molecule has 0 spiro atoms. The molecule has 0 fully saturated rings. The van der Waals surface area contributed by atoms with Gasteiger partial charge in [-0.1, -0.05) is 89.1 Å². The summed E-state index contributed by atoms with van der Waals surface area (Å²) in [5, 5.41) is 0. The molecular formula is C27H60Cl2N2O6P2+2. The number of quaternary nitrogens is 2. The molecule has 0 aliphatic heterocycles. The van der Waals surface area contributed by atoms with Crippen molar-refractivity contribution in [3.8, 4) is 0 Å². The standard InChI is InChI=1S/2C13H30N.CCl2O6P2/c2*1-5-8-11-14(4,12-9-6-2)13-10-7-3;2-1(3,8-10(4)5)9-11(6)7/h2*5-13H2,1-4H3;/q2*+1;. The summed E-state index contributed by atoms with van der Waals surface area (Å²) in [4.78, 5) is 19.5. The Morgan fingerprint density at radius 3 is 0.846 bits per heavy atom. The third-order valence-corrected chi connectivity index (χ3v) is 8.22. The number of hydrogen-bond donors (Lipinski definition) is 0. The molecule has 0 aromatic heterocycles. The van der Waals surface area contributed by atoms with Gasteiger partial charge in [-0.05, 0) is 70.9 Å². The van der Waals surface area contributed by atoms with Gasteiger partial charge in [0, 0.05) is 0 Å². The number of unbranched alkanes of at least 4 members (excludes halogenated alkanes) is 6. The second-order valence-corrected chi connectivity index (χ2v) is 13.2. The summed E-state index contributed by atoms with van der Waals surface area (Å²) in [7, 11) is -1.86. The average molecular weight is 642 g/mol. The summed E-state index contributed by atoms with van der Waals surface area (Å²) < 4.78 is 26.7. The summed E-state index contributed by atoms with van der Waals surface area (Å²) in [6.07, 6.45) is 16.4. The largest absolute Gasteiger partial charge is 0.566 e. The molecule has 2 unspecified atom stereocenters. The van der Waals surface area contributed by atoms with Gasteiger partial charge in [-0.2, -0.15) is 0 Å². The van der Waals surface area contributed by atoms with Gasteiger partial charge in [0.2, 0.25) is 0 Å². The molecule has 0 heterocycles. The van der Waals surface area contributed by atoms with Crippen LogP contribution in [0.4, 0.5) is 0 Å². The molecular weight excluding hydrogens is 581 g/mol. The van der Waals surface area contributed by atoms with E-state index in [1.165, 1.54) is 125 Å². The molecule has 2 atom stereocenters. The van der Waals surface area contributed by atoms with Gasteiger partial charge in [-0.25, -0.2) is 0 Å². The van der Waals surface area contributed by atoms with E-state index in [0.29, 0.717) is 0 Å². The highest BCUT2D eigenvalue weighted by atomic mass is 35.5. The Hall–Kier alpha value is 0.540. The molecule has 0 bridgehead atoms. The van der Waals surface area contributed by atoms with Crippen molar-refractivity contribution in [3.05, 3.63) is 0 Å². The van der Waals surface area contributed by atoms with Crippen LogP contribution in [0.2, 0.25) is 0 Å². The smallest absolute Gasteiger partial charge is 0.494 e. The van der Waals surface area contributed by atoms with E-state index < -0.39 is 21.2 Å². The molecule has 8 nitrogen and oxygen atoms in total. The maximum absolute atomic E-state index is 9.77. The van der Waals surface area contributed by atoms with Crippen molar-refractivity contribution in [1.29, 1.82) is 0 Å². The Kier molecular flexibility index (Phi) is 30.9. The fourth-order valence-corrected chi connectivity index (χ4v) is 5.26. The molecule has 0 radical (unpaired) electrons. The third-order valence-electron chi connectivity index (χ3n) is 6.67. The number of halogens is 2. The van der Waals surface area contributed by atoms with Crippen LogP contribution in [0.15, 0.2) is 0 Å². The Morgan fingerprint density at radius 2 is 0.718 bits per heavy atom. The number of rotatable bonds is 22. The van der Waals surface area contributed by atoms with E-state index in [1.54, 1.807) is 0 Å². The van der Waals surface area contributed by atoms with Crippen molar-refractivity contribution < 1.29 is 36.9 Å². The van der Waals surface area contributed by atoms with Crippen molar-refractivity contribution in [2.75, 3.05) is 53.4 Å². The van der Waals surface area contributed by atoms with Crippen LogP contribution >= 0.6 is 39.7 Å². The van der Waals surface area contributed by atoms with Gasteiger partial charge in [-0.3, -0.25) is 0 Å². The lowest BCUT2D eigenvalue weighted by atomic mass is 10.2. The first-order valence-electron chi connectivity index (χ1n) is 14.9. The zero-order chi connectivity index (χ0) is 30.8. The molecule has 0 saturated heterocycles. The van der Waals surface area contributed by atoms with Gasteiger partial charge in [-0.15, -0.1) is 0 Å². The van der Waals surface area contributed by atoms with Gasteiger partial charge in [0.25, 0.3) is 0 Å². The fourth-order valence-electron chi connectivity index (χ4n) is 4.10. The van der Waals surface area contributed by atoms with Crippen molar-refractivity contribution in [3.63, 3.8) is 0 Å². The maximum atomic E-state index is 9.77. The summed E-state index contributed by atoms with van der Waals surface area (Å²) in [6.45, 7) is 22.1. The highest BCUT2D eigenvalue weighted by Crippen LogP contribution is 2.37. The van der Waals surface area contributed by atoms with Crippen LogP contribution in [0.5, 0.6) is 0 Å². The van der Waals surface area contributed by atoms with Crippen LogP contribution in [0.25, 0.3) is 0 Å². The minimum absolute atomic E-state index is 1.32. The third kappa shape index (κ3) is 31.3. The van der Waals surface area contributed by atoms with Crippen molar-refractivity contribution >= 4 is 39.7 Å². The number of nitrogens with zero attached hydrogens (tertiary/aromatic N) is 2. The van der Waals surface area contributed by atoms with Crippen LogP contribution < -0.4 is 9.79 Å². The molecule has 12 heteroatoms. The summed E-state index contributed by atoms with van der Waals surface area (Å²) in [6, 6.07) is 0. The molecule has 0 N–H and O–H groups in total. The van der Waals surface area contributed by atoms with Gasteiger partial charge < -0.3 is 18.8 Å². The Labute approximate surface area is 252 Å². The zero-order valence-corrected chi connectivity index (χ0v) is 29.5. The van der Waals surface area contributed by atoms with Gasteiger partial charge >= 0.3 is 21.2 Å². The highest BCUT2D eigenvalue weighted by molar-refractivity contribution is 7.31. The maximum Gasteiger partial charge on any atom is 0.494 e. The van der Waals surface area contributed by atoms with Gasteiger partial charge in [0.1, 0.15) is 0 Å². The molecule has 0 aromatic rings. The lowest BCUT2D eigenvalue weighted by Gasteiger charge is -2.34. The Balaban J connectivity index is -0.000000503. The van der Waals surface area contributed by atoms with Crippen molar-refractivity contribution in [2.45, 2.75) is 123 Å². The SMILES string of the molecule is CCCC[N+](C)(CCCC)CCCC.CCCC[N+](C)(CCCC)CCCC.O=[P+]([O-])OC(Cl)(Cl)O[P+](=O)[O-]. The first-order valence-corrected chi connectivity index (χ1v) is 17.9. The van der Waals surface area contributed by atoms with Gasteiger partial charge in [0.15, 0.2) is 0 Å². The average Bonchev–Trinajstić information content (AvgIpc) is 2.85. The number of alkyl halides is 2. The minimum Gasteiger partial charge on any atom is -0.566 e. The molecule has 0 rings (SSSR count). The van der Waals surface area contributed by atoms with Crippen LogP contribution in [-0.4, -0.2) is 67.0 Å². The molecule has 39 heavy (non-hydrogen) atoms. The second kappa shape index (κ2) is 27.4. The summed E-state index contributed by atoms with van der Waals surface area (Å²) in [5.74, 6) is 0. The van der Waals surface area contributed by atoms with Crippen LogP contribution in [-0.2, 0) is 18.2 Å². The monoisotopic (exact) mass is 640 g/mol. The fraction of sp³-hybridized carbons (Fsp3) is 1.00. The van der Waals surface area contributed by atoms with Crippen LogP contribution in [0.3, 0.4) is 0 Å². The van der Waals surface area contributed by atoms with E-state index in [0.717, 1.165) is 0 Å². The normalized spacial score (nSPS) is 12.7. The van der Waals surface area contributed by atoms with Crippen molar-refractivity contribution in [2.24, 2.45) is 0 Å². The van der Waals surface area contributed by atoms with Crippen LogP contribution in [0, 0.1) is 0 Å². The lowest BCUT2D eigenvalue weighted by molar-refractivity contribution is -0.910. The lowest BCUT2D eigenvalue weighted by Crippen LogP contribution is -2.46. The Morgan fingerprint density at radius 1 is 0.538 bits per heavy atom. The topological polar surface area (TPSA) is 98.7 Å². The van der Waals surface area contributed by atoms with E-state index >= 15 is 0 Å². The molecule has 0 aliphatic carbocycles. The molecule has 0 saturated carbocycles. The molecule has 236 valence electrons. The summed E-state index contributed by atoms with van der Waals surface area (Å²) in [5.41, 5.74) is 0. The van der Waals surface area contributed by atoms with E-state index in [4.69, 9.17) is 23.2 Å². The quantitative estimate of drug-likeness (QED) is 0.0518. The first kappa shape index (κ1) is 44.0. The predicted octanol–water partition coefficient (Wildman–Crippen LogP) is 7.81. The zero-order valence-electron chi connectivity index (χ0n) is 26.2. The first-order chi connectivity index (χ1) is 18.2. The van der Waals surface area contributed by atoms with E-state index in [2.05, 4.69) is 64.7 Å². The highest BCUT2D eigenvalue weighted by Gasteiger charge is 2.40. The van der Waals surface area contributed by atoms with Crippen molar-refractivity contribution in [1.82, 2.24) is 0 Å². The van der Waals surface area contributed by atoms with E-state index in [9.17, 15) is 18.9 Å². The summed E-state index contributed by atoms with van der Waals surface area (Å²) >= 11 is 9.76. The minimum atomic E-state index is -3.38. The molecule has 0 amide bonds. The number of hydrogen-bond acceptors (Lipinski definition) is 6. The molecule has 0 aliphatic rings.